The number of nitrogens with zero attached hydrogens (tertiary/aromatic N) is 1. The number of esters is 1. The van der Waals surface area contributed by atoms with Gasteiger partial charge in [-0.3, -0.25) is 9.35 Å². The summed E-state index contributed by atoms with van der Waals surface area (Å²) >= 11 is 0. The van der Waals surface area contributed by atoms with Crippen LogP contribution >= 0.6 is 0 Å². The number of aliphatic hydroxyl groups is 1. The zero-order chi connectivity index (χ0) is 19.3. The van der Waals surface area contributed by atoms with Crippen molar-refractivity contribution in [3.63, 3.8) is 0 Å². The van der Waals surface area contributed by atoms with Crippen LogP contribution in [0.15, 0.2) is 30.3 Å². The second kappa shape index (κ2) is 8.94. The van der Waals surface area contributed by atoms with Gasteiger partial charge in [0.1, 0.15) is 12.0 Å². The summed E-state index contributed by atoms with van der Waals surface area (Å²) in [5, 5.41) is 9.53. The van der Waals surface area contributed by atoms with Crippen molar-refractivity contribution in [2.75, 3.05) is 19.9 Å². The largest absolute Gasteiger partial charge is 0.462 e. The Bertz CT molecular complexity index is 671. The highest BCUT2D eigenvalue weighted by atomic mass is 32.2. The van der Waals surface area contributed by atoms with Crippen molar-refractivity contribution in [2.45, 2.75) is 49.8 Å². The molecule has 2 heterocycles. The van der Waals surface area contributed by atoms with E-state index in [2.05, 4.69) is 11.9 Å². The molecule has 2 fully saturated rings. The fourth-order valence-corrected chi connectivity index (χ4v) is 3.71. The lowest BCUT2D eigenvalue weighted by molar-refractivity contribution is -0.155. The van der Waals surface area contributed by atoms with Gasteiger partial charge in [-0.15, -0.1) is 0 Å². The van der Waals surface area contributed by atoms with Crippen LogP contribution in [-0.2, 0) is 19.6 Å². The maximum absolute atomic E-state index is 12.4. The molecular weight excluding hydrogens is 358 g/mol. The van der Waals surface area contributed by atoms with Crippen LogP contribution in [0.4, 0.5) is 0 Å². The van der Waals surface area contributed by atoms with Crippen molar-refractivity contribution in [3.8, 4) is 0 Å². The molecule has 7 nitrogen and oxygen atoms in total. The molecule has 2 N–H and O–H groups in total. The zero-order valence-electron chi connectivity index (χ0n) is 15.1. The summed E-state index contributed by atoms with van der Waals surface area (Å²) in [6, 6.07) is 10.5. The molecule has 8 heteroatoms. The quantitative estimate of drug-likeness (QED) is 0.597. The van der Waals surface area contributed by atoms with Crippen LogP contribution in [0.1, 0.15) is 37.2 Å². The number of carbonyl (C=O) groups is 1. The molecule has 2 aliphatic rings. The first kappa shape index (κ1) is 20.8. The standard InChI is InChI=1S/C17H23NO3.CH4O3S/c1-18-13-7-8-14(18)10-15(9-13)21-17(20)16(11-19)12-5-3-2-4-6-12;1-5(2,3)4/h2-6,13-16,19H,7-11H2,1H3;1H3,(H,2,3,4). The first-order chi connectivity index (χ1) is 12.2. The van der Waals surface area contributed by atoms with Gasteiger partial charge >= 0.3 is 5.97 Å². The molecule has 3 unspecified atom stereocenters. The molecule has 0 radical (unpaired) electrons. The van der Waals surface area contributed by atoms with Gasteiger partial charge in [-0.1, -0.05) is 30.3 Å². The Labute approximate surface area is 154 Å². The van der Waals surface area contributed by atoms with E-state index in [0.29, 0.717) is 18.3 Å². The van der Waals surface area contributed by atoms with Gasteiger partial charge < -0.3 is 14.7 Å². The van der Waals surface area contributed by atoms with Gasteiger partial charge in [0.2, 0.25) is 0 Å². The molecule has 2 bridgehead atoms. The summed E-state index contributed by atoms with van der Waals surface area (Å²) in [6.45, 7) is -0.206. The van der Waals surface area contributed by atoms with Gasteiger partial charge in [0.15, 0.2) is 0 Å². The second-order valence-electron chi connectivity index (χ2n) is 6.96. The summed E-state index contributed by atoms with van der Waals surface area (Å²) < 4.78 is 31.6. The molecule has 3 atom stereocenters. The van der Waals surface area contributed by atoms with E-state index in [1.807, 2.05) is 30.3 Å². The van der Waals surface area contributed by atoms with Crippen molar-refractivity contribution >= 4 is 16.1 Å². The van der Waals surface area contributed by atoms with Crippen LogP contribution in [-0.4, -0.2) is 67.0 Å². The molecule has 1 aromatic carbocycles. The van der Waals surface area contributed by atoms with Crippen LogP contribution in [0.5, 0.6) is 0 Å². The molecule has 0 amide bonds. The number of hydrogen-bond donors (Lipinski definition) is 2. The molecule has 0 aromatic heterocycles. The minimum absolute atomic E-state index is 0.00367. The third kappa shape index (κ3) is 6.05. The molecule has 2 saturated heterocycles. The van der Waals surface area contributed by atoms with E-state index < -0.39 is 16.0 Å². The maximum Gasteiger partial charge on any atom is 0.316 e. The lowest BCUT2D eigenvalue weighted by atomic mass is 9.98. The minimum atomic E-state index is -3.67. The molecule has 0 aliphatic carbocycles. The van der Waals surface area contributed by atoms with Crippen molar-refractivity contribution in [1.82, 2.24) is 4.90 Å². The Morgan fingerprint density at radius 2 is 1.73 bits per heavy atom. The Hall–Kier alpha value is -1.48. The lowest BCUT2D eigenvalue weighted by Gasteiger charge is -2.36. The van der Waals surface area contributed by atoms with Gasteiger partial charge in [0.25, 0.3) is 10.1 Å². The first-order valence-corrected chi connectivity index (χ1v) is 10.5. The molecule has 1 aromatic rings. The molecular formula is C18H27NO6S. The smallest absolute Gasteiger partial charge is 0.316 e. The topological polar surface area (TPSA) is 104 Å². The summed E-state index contributed by atoms with van der Waals surface area (Å²) in [4.78, 5) is 14.8. The summed E-state index contributed by atoms with van der Waals surface area (Å²) in [5.41, 5.74) is 0.820. The van der Waals surface area contributed by atoms with Crippen molar-refractivity contribution in [2.24, 2.45) is 0 Å². The third-order valence-corrected chi connectivity index (χ3v) is 5.01. The van der Waals surface area contributed by atoms with E-state index in [1.165, 1.54) is 12.8 Å². The minimum Gasteiger partial charge on any atom is -0.462 e. The SMILES string of the molecule is CN1C2CCC1CC(OC(=O)C(CO)c1ccccc1)C2.CS(=O)(=O)O. The number of benzene rings is 1. The highest BCUT2D eigenvalue weighted by molar-refractivity contribution is 7.85. The number of aliphatic hydroxyl groups excluding tert-OH is 1. The van der Waals surface area contributed by atoms with Crippen LogP contribution < -0.4 is 0 Å². The number of fused-ring (bicyclic) bond motifs is 2. The van der Waals surface area contributed by atoms with Gasteiger partial charge in [-0.05, 0) is 38.3 Å². The monoisotopic (exact) mass is 385 g/mol. The maximum atomic E-state index is 12.4. The fraction of sp³-hybridized carbons (Fsp3) is 0.611. The normalized spacial score (nSPS) is 26.5. The number of rotatable bonds is 4. The highest BCUT2D eigenvalue weighted by Crippen LogP contribution is 2.36. The number of piperidine rings is 1. The van der Waals surface area contributed by atoms with Crippen LogP contribution in [0, 0.1) is 0 Å². The Morgan fingerprint density at radius 3 is 2.19 bits per heavy atom. The summed E-state index contributed by atoms with van der Waals surface area (Å²) in [6.07, 6.45) is 4.97. The average Bonchev–Trinajstić information content (AvgIpc) is 2.77. The molecule has 3 rings (SSSR count). The number of ether oxygens (including phenoxy) is 1. The van der Waals surface area contributed by atoms with E-state index >= 15 is 0 Å². The van der Waals surface area contributed by atoms with Crippen LogP contribution in [0.3, 0.4) is 0 Å². The van der Waals surface area contributed by atoms with Gasteiger partial charge in [-0.25, -0.2) is 0 Å². The molecule has 2 aliphatic heterocycles. The Kier molecular flexibility index (Phi) is 7.16. The third-order valence-electron chi connectivity index (χ3n) is 5.01. The Morgan fingerprint density at radius 1 is 1.23 bits per heavy atom. The van der Waals surface area contributed by atoms with Gasteiger partial charge in [0.05, 0.1) is 12.9 Å². The van der Waals surface area contributed by atoms with E-state index in [4.69, 9.17) is 9.29 Å². The van der Waals surface area contributed by atoms with E-state index in [1.54, 1.807) is 0 Å². The second-order valence-corrected chi connectivity index (χ2v) is 8.43. The summed E-state index contributed by atoms with van der Waals surface area (Å²) in [5.74, 6) is -0.860. The molecule has 0 saturated carbocycles. The van der Waals surface area contributed by atoms with Crippen molar-refractivity contribution < 1.29 is 27.6 Å². The van der Waals surface area contributed by atoms with E-state index in [0.717, 1.165) is 18.4 Å². The van der Waals surface area contributed by atoms with Crippen molar-refractivity contribution in [3.05, 3.63) is 35.9 Å². The van der Waals surface area contributed by atoms with E-state index in [-0.39, 0.29) is 18.7 Å². The zero-order valence-corrected chi connectivity index (χ0v) is 15.9. The van der Waals surface area contributed by atoms with Crippen LogP contribution in [0.2, 0.25) is 0 Å². The number of hydrogen-bond acceptors (Lipinski definition) is 6. The summed E-state index contributed by atoms with van der Waals surface area (Å²) in [7, 11) is -1.50. The molecule has 146 valence electrons. The van der Waals surface area contributed by atoms with Gasteiger partial charge in [-0.2, -0.15) is 8.42 Å². The van der Waals surface area contributed by atoms with Crippen molar-refractivity contribution in [1.29, 1.82) is 0 Å². The first-order valence-electron chi connectivity index (χ1n) is 8.69. The lowest BCUT2D eigenvalue weighted by Crippen LogP contribution is -2.43. The number of carbonyl (C=O) groups excluding carboxylic acids is 1. The Balaban J connectivity index is 0.000000431. The van der Waals surface area contributed by atoms with E-state index in [9.17, 15) is 18.3 Å². The average molecular weight is 385 g/mol. The molecule has 0 spiro atoms. The molecule has 26 heavy (non-hydrogen) atoms. The highest BCUT2D eigenvalue weighted by Gasteiger charge is 2.40. The van der Waals surface area contributed by atoms with Crippen LogP contribution in [0.25, 0.3) is 0 Å². The predicted molar refractivity (Wildman–Crippen MR) is 97.4 cm³/mol. The predicted octanol–water partition coefficient (Wildman–Crippen LogP) is 1.43. The fourth-order valence-electron chi connectivity index (χ4n) is 3.71. The van der Waals surface area contributed by atoms with Gasteiger partial charge in [0, 0.05) is 12.1 Å².